The number of nitrogens with zero attached hydrogens (tertiary/aromatic N) is 3. The van der Waals surface area contributed by atoms with Gasteiger partial charge < -0.3 is 9.80 Å². The molecule has 0 amide bonds. The van der Waals surface area contributed by atoms with Crippen LogP contribution < -0.4 is 0 Å². The first-order valence-corrected chi connectivity index (χ1v) is 9.68. The van der Waals surface area contributed by atoms with E-state index in [4.69, 9.17) is 4.99 Å². The van der Waals surface area contributed by atoms with Gasteiger partial charge in [0.2, 0.25) is 0 Å². The molecule has 0 bridgehead atoms. The van der Waals surface area contributed by atoms with Crippen LogP contribution in [0.1, 0.15) is 40.5 Å². The Morgan fingerprint density at radius 2 is 2.04 bits per heavy atom. The average molecular weight is 348 g/mol. The predicted molar refractivity (Wildman–Crippen MR) is 110 cm³/mol. The molecule has 1 aliphatic rings. The summed E-state index contributed by atoms with van der Waals surface area (Å²) in [5, 5.41) is 1.16. The van der Waals surface area contributed by atoms with E-state index >= 15 is 0 Å². The normalized spacial score (nSPS) is 20.3. The summed E-state index contributed by atoms with van der Waals surface area (Å²) in [5.41, 5.74) is 2.31. The second-order valence-corrected chi connectivity index (χ2v) is 7.15. The lowest BCUT2D eigenvalue weighted by molar-refractivity contribution is 0.435. The monoisotopic (exact) mass is 347 g/mol. The van der Waals surface area contributed by atoms with Crippen molar-refractivity contribution in [2.45, 2.75) is 46.6 Å². The zero-order chi connectivity index (χ0) is 18.1. The minimum Gasteiger partial charge on any atom is -0.377 e. The number of likely N-dealkylation sites (N-methyl/N-ethyl adjacent to an activating group) is 1. The molecule has 134 valence electrons. The van der Waals surface area contributed by atoms with Crippen LogP contribution in [0.3, 0.4) is 0 Å². The Labute approximate surface area is 152 Å². The van der Waals surface area contributed by atoms with Gasteiger partial charge in [-0.05, 0) is 44.9 Å². The highest BCUT2D eigenvalue weighted by atomic mass is 32.2. The van der Waals surface area contributed by atoms with Gasteiger partial charge in [-0.2, -0.15) is 0 Å². The molecule has 24 heavy (non-hydrogen) atoms. The number of unbranched alkanes of at least 4 members (excludes halogenated alkanes) is 1. The molecule has 0 aliphatic carbocycles. The quantitative estimate of drug-likeness (QED) is 0.572. The fourth-order valence-corrected chi connectivity index (χ4v) is 3.76. The van der Waals surface area contributed by atoms with Crippen molar-refractivity contribution < 1.29 is 0 Å². The van der Waals surface area contributed by atoms with Crippen molar-refractivity contribution in [1.29, 1.82) is 0 Å². The minimum absolute atomic E-state index is 0.217. The molecule has 0 N–H and O–H groups in total. The van der Waals surface area contributed by atoms with Crippen LogP contribution in [0.25, 0.3) is 0 Å². The maximum absolute atomic E-state index is 4.89. The second kappa shape index (κ2) is 10.4. The number of hydrogen-bond donors (Lipinski definition) is 0. The van der Waals surface area contributed by atoms with E-state index in [0.717, 1.165) is 24.0 Å². The molecule has 0 aromatic carbocycles. The zero-order valence-corrected chi connectivity index (χ0v) is 17.0. The Hall–Kier alpha value is -1.42. The van der Waals surface area contributed by atoms with Crippen LogP contribution in [-0.4, -0.2) is 48.2 Å². The van der Waals surface area contributed by atoms with Gasteiger partial charge in [-0.25, -0.2) is 0 Å². The van der Waals surface area contributed by atoms with Crippen molar-refractivity contribution in [2.24, 2.45) is 4.99 Å². The summed E-state index contributed by atoms with van der Waals surface area (Å²) in [6, 6.07) is 0.217. The highest BCUT2D eigenvalue weighted by molar-refractivity contribution is 8.17. The van der Waals surface area contributed by atoms with Crippen molar-refractivity contribution in [3.8, 4) is 0 Å². The topological polar surface area (TPSA) is 18.8 Å². The van der Waals surface area contributed by atoms with Gasteiger partial charge in [-0.15, -0.1) is 0 Å². The molecule has 1 rings (SSSR count). The number of aliphatic imine (C=N–C) groups is 1. The largest absolute Gasteiger partial charge is 0.377 e. The zero-order valence-electron chi connectivity index (χ0n) is 16.2. The number of hydrogen-bond acceptors (Lipinski definition) is 4. The fourth-order valence-electron chi connectivity index (χ4n) is 2.58. The van der Waals surface area contributed by atoms with Gasteiger partial charge in [0.15, 0.2) is 5.17 Å². The van der Waals surface area contributed by atoms with Gasteiger partial charge in [0.1, 0.15) is 0 Å². The van der Waals surface area contributed by atoms with Gasteiger partial charge in [-0.3, -0.25) is 4.99 Å². The lowest BCUT2D eigenvalue weighted by Crippen LogP contribution is -2.28. The van der Waals surface area contributed by atoms with Crippen LogP contribution in [0, 0.1) is 0 Å². The minimum atomic E-state index is 0.217. The average Bonchev–Trinajstić information content (AvgIpc) is 2.89. The van der Waals surface area contributed by atoms with Crippen LogP contribution in [0.15, 0.2) is 52.1 Å². The molecule has 0 fully saturated rings. The first kappa shape index (κ1) is 20.6. The first-order valence-electron chi connectivity index (χ1n) is 8.87. The molecule has 3 nitrogen and oxygen atoms in total. The standard InChI is InChI=1S/C20H33N3S/c1-8-12-14-23(11-4)20-21-16(5)19(24-20)15-17(13-9-2)18(10-3)22(6)7/h9-10,13,15-16H,3,8,11-12,14H2,1-2,4-7H3/b13-9-,18-17-,19-15-. The molecule has 0 saturated heterocycles. The van der Waals surface area contributed by atoms with Crippen LogP contribution in [0.2, 0.25) is 0 Å². The molecule has 0 aromatic heterocycles. The molecule has 0 spiro atoms. The maximum Gasteiger partial charge on any atom is 0.164 e. The lowest BCUT2D eigenvalue weighted by atomic mass is 10.1. The van der Waals surface area contributed by atoms with Crippen LogP contribution in [0.4, 0.5) is 0 Å². The molecule has 4 heteroatoms. The summed E-state index contributed by atoms with van der Waals surface area (Å²) in [6.45, 7) is 14.7. The van der Waals surface area contributed by atoms with Crippen LogP contribution >= 0.6 is 11.8 Å². The van der Waals surface area contributed by atoms with Gasteiger partial charge in [-0.1, -0.05) is 43.8 Å². The van der Waals surface area contributed by atoms with Crippen molar-refractivity contribution in [2.75, 3.05) is 27.2 Å². The Bertz CT molecular complexity index is 541. The number of rotatable bonds is 8. The second-order valence-electron chi connectivity index (χ2n) is 6.11. The molecule has 0 aromatic rings. The van der Waals surface area contributed by atoms with E-state index in [1.165, 1.54) is 23.3 Å². The van der Waals surface area contributed by atoms with Gasteiger partial charge in [0.25, 0.3) is 0 Å². The highest BCUT2D eigenvalue weighted by Gasteiger charge is 2.24. The third-order valence-electron chi connectivity index (χ3n) is 3.97. The summed E-state index contributed by atoms with van der Waals surface area (Å²) in [6.07, 6.45) is 10.8. The number of allylic oxidation sites excluding steroid dienone is 5. The van der Waals surface area contributed by atoms with E-state index < -0.39 is 0 Å². The van der Waals surface area contributed by atoms with Crippen molar-refractivity contribution in [3.63, 3.8) is 0 Å². The first-order chi connectivity index (χ1) is 11.5. The highest BCUT2D eigenvalue weighted by Crippen LogP contribution is 2.34. The molecule has 1 heterocycles. The number of thioether (sulfide) groups is 1. The van der Waals surface area contributed by atoms with Crippen molar-refractivity contribution in [3.05, 3.63) is 47.1 Å². The van der Waals surface area contributed by atoms with Gasteiger partial charge in [0, 0.05) is 37.8 Å². The van der Waals surface area contributed by atoms with Crippen molar-refractivity contribution >= 4 is 16.9 Å². The molecular formula is C20H33N3S. The molecule has 0 radical (unpaired) electrons. The summed E-state index contributed by atoms with van der Waals surface area (Å²) < 4.78 is 0. The Morgan fingerprint density at radius 3 is 2.54 bits per heavy atom. The van der Waals surface area contributed by atoms with E-state index in [0.29, 0.717) is 0 Å². The fraction of sp³-hybridized carbons (Fsp3) is 0.550. The smallest absolute Gasteiger partial charge is 0.164 e. The SMILES string of the molecule is C=C/C(=C(\C=C/C)/C=C1\SC(N(CC)CCCC)=NC1C)N(C)C. The molecule has 1 aliphatic heterocycles. The van der Waals surface area contributed by atoms with Crippen LogP contribution in [-0.2, 0) is 0 Å². The molecule has 1 atom stereocenters. The summed E-state index contributed by atoms with van der Waals surface area (Å²) in [7, 11) is 4.10. The van der Waals surface area contributed by atoms with Crippen LogP contribution in [0.5, 0.6) is 0 Å². The van der Waals surface area contributed by atoms with E-state index in [1.54, 1.807) is 0 Å². The van der Waals surface area contributed by atoms with Gasteiger partial charge in [0.05, 0.1) is 6.04 Å². The Kier molecular flexibility index (Phi) is 8.98. The summed E-state index contributed by atoms with van der Waals surface area (Å²) >= 11 is 1.81. The lowest BCUT2D eigenvalue weighted by Gasteiger charge is -2.21. The summed E-state index contributed by atoms with van der Waals surface area (Å²) in [4.78, 5) is 10.7. The van der Waals surface area contributed by atoms with E-state index in [1.807, 2.05) is 24.8 Å². The Balaban J connectivity index is 3.06. The third-order valence-corrected chi connectivity index (χ3v) is 5.21. The molecule has 1 unspecified atom stereocenters. The van der Waals surface area contributed by atoms with E-state index in [9.17, 15) is 0 Å². The summed E-state index contributed by atoms with van der Waals surface area (Å²) in [5.74, 6) is 0. The molecule has 0 saturated carbocycles. The molecular weight excluding hydrogens is 314 g/mol. The number of amidine groups is 1. The third kappa shape index (κ3) is 5.59. The van der Waals surface area contributed by atoms with Gasteiger partial charge >= 0.3 is 0 Å². The van der Waals surface area contributed by atoms with E-state index in [-0.39, 0.29) is 6.04 Å². The Morgan fingerprint density at radius 1 is 1.33 bits per heavy atom. The maximum atomic E-state index is 4.89. The predicted octanol–water partition coefficient (Wildman–Crippen LogP) is 5.06. The van der Waals surface area contributed by atoms with Crippen molar-refractivity contribution in [1.82, 2.24) is 9.80 Å². The van der Waals surface area contributed by atoms with E-state index in [2.05, 4.69) is 69.5 Å².